The molecule has 1 amide bonds. The molecule has 30 heavy (non-hydrogen) atoms. The van der Waals surface area contributed by atoms with Crippen molar-refractivity contribution in [3.63, 3.8) is 0 Å². The normalized spacial score (nSPS) is 11.1. The van der Waals surface area contributed by atoms with Gasteiger partial charge in [0.1, 0.15) is 16.8 Å². The maximum Gasteiger partial charge on any atom is 0.262 e. The largest absolute Gasteiger partial charge is 0.483 e. The molecule has 1 heterocycles. The van der Waals surface area contributed by atoms with Crippen LogP contribution in [-0.2, 0) is 4.79 Å². The van der Waals surface area contributed by atoms with Crippen LogP contribution in [0.3, 0.4) is 0 Å². The topological polar surface area (TPSA) is 69.0 Å². The minimum Gasteiger partial charge on any atom is -0.483 e. The number of anilines is 1. The van der Waals surface area contributed by atoms with Crippen molar-refractivity contribution < 1.29 is 9.53 Å². The number of nitrogens with zero attached hydrogens (tertiary/aromatic N) is 3. The first-order chi connectivity index (χ1) is 14.5. The van der Waals surface area contributed by atoms with Gasteiger partial charge in [0.05, 0.1) is 5.69 Å². The third-order valence-electron chi connectivity index (χ3n) is 4.80. The van der Waals surface area contributed by atoms with Crippen molar-refractivity contribution in [3.8, 4) is 11.4 Å². The first kappa shape index (κ1) is 19.6. The van der Waals surface area contributed by atoms with Gasteiger partial charge in [-0.15, -0.1) is 10.2 Å². The maximum absolute atomic E-state index is 12.4. The zero-order chi connectivity index (χ0) is 21.1. The molecule has 0 unspecified atom stereocenters. The van der Waals surface area contributed by atoms with E-state index in [0.717, 1.165) is 28.1 Å². The number of nitrogens with one attached hydrogen (secondary N) is 1. The molecule has 0 bridgehead atoms. The van der Waals surface area contributed by atoms with Crippen molar-refractivity contribution in [2.75, 3.05) is 11.9 Å². The molecule has 0 saturated carbocycles. The Balaban J connectivity index is 1.45. The molecule has 3 aromatic carbocycles. The number of benzene rings is 3. The van der Waals surface area contributed by atoms with E-state index < -0.39 is 0 Å². The Kier molecular flexibility index (Phi) is 5.48. The number of rotatable bonds is 6. The van der Waals surface area contributed by atoms with Crippen molar-refractivity contribution >= 4 is 22.6 Å². The molecular formula is C24H24N4O2. The van der Waals surface area contributed by atoms with Gasteiger partial charge in [0, 0.05) is 5.69 Å². The molecule has 0 radical (unpaired) electrons. The van der Waals surface area contributed by atoms with Gasteiger partial charge in [-0.05, 0) is 60.4 Å². The van der Waals surface area contributed by atoms with Crippen LogP contribution >= 0.6 is 0 Å². The standard InChI is InChI=1S/C24H24N4O2/c1-16(2)20-11-9-17(3)13-23(20)30-15-24(29)25-18-10-12-21-22(14-18)27-28(26-21)19-7-5-4-6-8-19/h4-14,16H,15H2,1-3H3,(H,25,29). The molecule has 1 aromatic heterocycles. The van der Waals surface area contributed by atoms with E-state index in [2.05, 4.69) is 41.5 Å². The predicted octanol–water partition coefficient (Wildman–Crippen LogP) is 4.87. The average molecular weight is 400 g/mol. The Morgan fingerprint density at radius 3 is 2.53 bits per heavy atom. The summed E-state index contributed by atoms with van der Waals surface area (Å²) in [6, 6.07) is 21.3. The van der Waals surface area contributed by atoms with Crippen LogP contribution in [0.15, 0.2) is 66.7 Å². The number of ether oxygens (including phenoxy) is 1. The Labute approximate surface area is 175 Å². The van der Waals surface area contributed by atoms with Gasteiger partial charge < -0.3 is 10.1 Å². The van der Waals surface area contributed by atoms with Gasteiger partial charge in [0.15, 0.2) is 6.61 Å². The van der Waals surface area contributed by atoms with Crippen molar-refractivity contribution in [1.82, 2.24) is 15.0 Å². The third-order valence-corrected chi connectivity index (χ3v) is 4.80. The van der Waals surface area contributed by atoms with Crippen molar-refractivity contribution in [1.29, 1.82) is 0 Å². The molecule has 6 nitrogen and oxygen atoms in total. The number of carbonyl (C=O) groups excluding carboxylic acids is 1. The summed E-state index contributed by atoms with van der Waals surface area (Å²) in [4.78, 5) is 14.0. The van der Waals surface area contributed by atoms with Gasteiger partial charge >= 0.3 is 0 Å². The molecule has 152 valence electrons. The second-order valence-electron chi connectivity index (χ2n) is 7.56. The summed E-state index contributed by atoms with van der Waals surface area (Å²) < 4.78 is 5.82. The van der Waals surface area contributed by atoms with Gasteiger partial charge in [-0.25, -0.2) is 0 Å². The molecule has 4 aromatic rings. The monoisotopic (exact) mass is 400 g/mol. The second kappa shape index (κ2) is 8.37. The van der Waals surface area contributed by atoms with E-state index in [-0.39, 0.29) is 12.5 Å². The first-order valence-electron chi connectivity index (χ1n) is 9.95. The van der Waals surface area contributed by atoms with Gasteiger partial charge in [0.2, 0.25) is 0 Å². The zero-order valence-electron chi connectivity index (χ0n) is 17.3. The highest BCUT2D eigenvalue weighted by atomic mass is 16.5. The minimum absolute atomic E-state index is 0.0576. The predicted molar refractivity (Wildman–Crippen MR) is 118 cm³/mol. The fourth-order valence-electron chi connectivity index (χ4n) is 3.25. The van der Waals surface area contributed by atoms with Gasteiger partial charge in [-0.1, -0.05) is 44.2 Å². The maximum atomic E-state index is 12.4. The van der Waals surface area contributed by atoms with E-state index in [9.17, 15) is 4.79 Å². The van der Waals surface area contributed by atoms with E-state index in [1.807, 2.05) is 61.5 Å². The number of aryl methyl sites for hydroxylation is 1. The van der Waals surface area contributed by atoms with Crippen molar-refractivity contribution in [3.05, 3.63) is 77.9 Å². The van der Waals surface area contributed by atoms with Gasteiger partial charge in [0.25, 0.3) is 5.91 Å². The van der Waals surface area contributed by atoms with Crippen LogP contribution in [0.4, 0.5) is 5.69 Å². The molecular weight excluding hydrogens is 376 g/mol. The fourth-order valence-corrected chi connectivity index (χ4v) is 3.25. The lowest BCUT2D eigenvalue weighted by Gasteiger charge is -2.14. The van der Waals surface area contributed by atoms with Gasteiger partial charge in [-0.3, -0.25) is 4.79 Å². The number of carbonyl (C=O) groups is 1. The molecule has 1 N–H and O–H groups in total. The lowest BCUT2D eigenvalue weighted by atomic mass is 10.0. The Bertz CT molecular complexity index is 1180. The lowest BCUT2D eigenvalue weighted by Crippen LogP contribution is -2.20. The van der Waals surface area contributed by atoms with E-state index in [1.165, 1.54) is 0 Å². The SMILES string of the molecule is Cc1ccc(C(C)C)c(OCC(=O)Nc2ccc3nn(-c4ccccc4)nc3c2)c1. The smallest absolute Gasteiger partial charge is 0.262 e. The van der Waals surface area contributed by atoms with Crippen molar-refractivity contribution in [2.24, 2.45) is 0 Å². The summed E-state index contributed by atoms with van der Waals surface area (Å²) in [5.41, 5.74) is 5.19. The Morgan fingerprint density at radius 1 is 1.00 bits per heavy atom. The number of amides is 1. The summed E-state index contributed by atoms with van der Waals surface area (Å²) in [5.74, 6) is 0.848. The zero-order valence-corrected chi connectivity index (χ0v) is 17.3. The minimum atomic E-state index is -0.221. The number of fused-ring (bicyclic) bond motifs is 1. The molecule has 4 rings (SSSR count). The molecule has 0 saturated heterocycles. The van der Waals surface area contributed by atoms with Crippen LogP contribution in [0.2, 0.25) is 0 Å². The summed E-state index contributed by atoms with van der Waals surface area (Å²) in [6.45, 7) is 6.16. The average Bonchev–Trinajstić information content (AvgIpc) is 3.16. The molecule has 6 heteroatoms. The molecule has 0 spiro atoms. The highest BCUT2D eigenvalue weighted by molar-refractivity contribution is 5.93. The van der Waals surface area contributed by atoms with Crippen LogP contribution in [-0.4, -0.2) is 27.5 Å². The first-order valence-corrected chi connectivity index (χ1v) is 9.95. The van der Waals surface area contributed by atoms with E-state index in [4.69, 9.17) is 4.74 Å². The molecule has 0 aliphatic carbocycles. The fraction of sp³-hybridized carbons (Fsp3) is 0.208. The number of para-hydroxylation sites is 1. The van der Waals surface area contributed by atoms with Crippen LogP contribution in [0.5, 0.6) is 5.75 Å². The second-order valence-corrected chi connectivity index (χ2v) is 7.56. The molecule has 0 fully saturated rings. The summed E-state index contributed by atoms with van der Waals surface area (Å²) in [5, 5.41) is 11.9. The Morgan fingerprint density at radius 2 is 1.77 bits per heavy atom. The van der Waals surface area contributed by atoms with Crippen LogP contribution in [0.25, 0.3) is 16.7 Å². The van der Waals surface area contributed by atoms with E-state index in [0.29, 0.717) is 17.1 Å². The van der Waals surface area contributed by atoms with Gasteiger partial charge in [-0.2, -0.15) is 4.80 Å². The number of hydrogen-bond donors (Lipinski definition) is 1. The Hall–Kier alpha value is -3.67. The number of hydrogen-bond acceptors (Lipinski definition) is 4. The molecule has 0 atom stereocenters. The third kappa shape index (κ3) is 4.33. The van der Waals surface area contributed by atoms with Crippen LogP contribution in [0, 0.1) is 6.92 Å². The quantitative estimate of drug-likeness (QED) is 0.501. The van der Waals surface area contributed by atoms with Crippen LogP contribution in [0.1, 0.15) is 30.9 Å². The highest BCUT2D eigenvalue weighted by Gasteiger charge is 2.11. The van der Waals surface area contributed by atoms with E-state index >= 15 is 0 Å². The summed E-state index contributed by atoms with van der Waals surface area (Å²) >= 11 is 0. The summed E-state index contributed by atoms with van der Waals surface area (Å²) in [6.07, 6.45) is 0. The molecule has 0 aliphatic heterocycles. The summed E-state index contributed by atoms with van der Waals surface area (Å²) in [7, 11) is 0. The van der Waals surface area contributed by atoms with E-state index in [1.54, 1.807) is 4.80 Å². The number of aromatic nitrogens is 3. The van der Waals surface area contributed by atoms with Crippen molar-refractivity contribution in [2.45, 2.75) is 26.7 Å². The van der Waals surface area contributed by atoms with Crippen LogP contribution < -0.4 is 10.1 Å². The highest BCUT2D eigenvalue weighted by Crippen LogP contribution is 2.27. The molecule has 0 aliphatic rings. The lowest BCUT2D eigenvalue weighted by molar-refractivity contribution is -0.118.